The van der Waals surface area contributed by atoms with E-state index in [0.717, 1.165) is 12.5 Å². The molecule has 3 aliphatic rings. The van der Waals surface area contributed by atoms with Crippen LogP contribution in [0.3, 0.4) is 0 Å². The molecular formula is C22H28F6N2O2. The number of allylic oxidation sites excluding steroid dienone is 4. The Bertz CT molecular complexity index is 810. The molecule has 2 fully saturated rings. The van der Waals surface area contributed by atoms with Crippen molar-refractivity contribution >= 4 is 5.91 Å². The van der Waals surface area contributed by atoms with E-state index in [1.54, 1.807) is 7.05 Å². The molecule has 0 bridgehead atoms. The molecule has 0 saturated heterocycles. The van der Waals surface area contributed by atoms with Crippen LogP contribution in [0.15, 0.2) is 35.5 Å². The third kappa shape index (κ3) is 4.90. The maximum Gasteiger partial charge on any atom is 0.413 e. The fraction of sp³-hybridized carbons (Fsp3) is 0.682. The van der Waals surface area contributed by atoms with Gasteiger partial charge in [0.05, 0.1) is 16.9 Å². The first kappa shape index (κ1) is 24.8. The number of rotatable bonds is 5. The molecule has 1 amide bonds. The van der Waals surface area contributed by atoms with E-state index in [1.807, 2.05) is 0 Å². The molecule has 0 aliphatic heterocycles. The summed E-state index contributed by atoms with van der Waals surface area (Å²) in [4.78, 5) is 13.2. The average molecular weight is 466 g/mol. The molecule has 32 heavy (non-hydrogen) atoms. The van der Waals surface area contributed by atoms with Gasteiger partial charge in [0.2, 0.25) is 5.91 Å². The molecule has 0 aromatic rings. The highest BCUT2D eigenvalue weighted by Crippen LogP contribution is 2.55. The van der Waals surface area contributed by atoms with Gasteiger partial charge in [0.25, 0.3) is 0 Å². The van der Waals surface area contributed by atoms with E-state index in [9.17, 15) is 36.2 Å². The van der Waals surface area contributed by atoms with Crippen molar-refractivity contribution in [2.45, 2.75) is 68.9 Å². The van der Waals surface area contributed by atoms with Crippen LogP contribution in [0, 0.1) is 11.3 Å². The predicted molar refractivity (Wildman–Crippen MR) is 106 cm³/mol. The van der Waals surface area contributed by atoms with E-state index in [-0.39, 0.29) is 11.6 Å². The lowest BCUT2D eigenvalue weighted by Crippen LogP contribution is -2.59. The molecule has 10 heteroatoms. The van der Waals surface area contributed by atoms with Crippen LogP contribution in [-0.2, 0) is 4.79 Å². The summed E-state index contributed by atoms with van der Waals surface area (Å²) >= 11 is 0. The summed E-state index contributed by atoms with van der Waals surface area (Å²) in [7, 11) is 1.75. The Hall–Kier alpha value is -1.81. The van der Waals surface area contributed by atoms with Gasteiger partial charge in [-0.15, -0.1) is 0 Å². The Kier molecular flexibility index (Phi) is 6.87. The normalized spacial score (nSPS) is 33.9. The molecular weight excluding hydrogens is 438 g/mol. The maximum absolute atomic E-state index is 13.3. The van der Waals surface area contributed by atoms with Gasteiger partial charge in [-0.25, -0.2) is 0 Å². The van der Waals surface area contributed by atoms with Crippen LogP contribution in [0.5, 0.6) is 0 Å². The number of carbonyl (C=O) groups is 1. The smallest absolute Gasteiger partial charge is 0.389 e. The quantitative estimate of drug-likeness (QED) is 0.418. The molecule has 4 nitrogen and oxygen atoms in total. The molecule has 3 atom stereocenters. The first-order valence-corrected chi connectivity index (χ1v) is 10.7. The van der Waals surface area contributed by atoms with Crippen LogP contribution in [0.25, 0.3) is 0 Å². The summed E-state index contributed by atoms with van der Waals surface area (Å²) < 4.78 is 79.7. The molecule has 0 heterocycles. The monoisotopic (exact) mass is 466 g/mol. The van der Waals surface area contributed by atoms with Crippen LogP contribution < -0.4 is 10.6 Å². The molecule has 180 valence electrons. The van der Waals surface area contributed by atoms with Crippen LogP contribution in [0.1, 0.15) is 44.9 Å². The standard InChI is InChI=1S/C22H28F6N2O2/c1-29-17-6-9-19(12-17,20(32)7-3-8-20)18(31)30-13-14-10-15(21(23,24)25)4-2-5-16(11-14)22(26,27)28/h2,4,10-11,15,17,29,32H,3,5-9,12-13H2,1H3,(H,30,31)/b4-2?,14-10+,16-11+. The highest BCUT2D eigenvalue weighted by Gasteiger charge is 2.60. The summed E-state index contributed by atoms with van der Waals surface area (Å²) in [6.45, 7) is -0.485. The van der Waals surface area contributed by atoms with E-state index >= 15 is 0 Å². The van der Waals surface area contributed by atoms with Crippen molar-refractivity contribution < 1.29 is 36.2 Å². The largest absolute Gasteiger partial charge is 0.413 e. The van der Waals surface area contributed by atoms with Crippen molar-refractivity contribution in [3.8, 4) is 0 Å². The number of carbonyl (C=O) groups excluding carboxylic acids is 1. The molecule has 2 saturated carbocycles. The van der Waals surface area contributed by atoms with Gasteiger partial charge in [0.15, 0.2) is 0 Å². The maximum atomic E-state index is 13.3. The molecule has 3 aliphatic carbocycles. The van der Waals surface area contributed by atoms with Crippen LogP contribution >= 0.6 is 0 Å². The zero-order chi connectivity index (χ0) is 23.8. The highest BCUT2D eigenvalue weighted by molar-refractivity contribution is 5.85. The fourth-order valence-electron chi connectivity index (χ4n) is 4.94. The minimum Gasteiger partial charge on any atom is -0.389 e. The summed E-state index contributed by atoms with van der Waals surface area (Å²) in [5.41, 5.74) is -3.57. The zero-order valence-electron chi connectivity index (χ0n) is 17.7. The summed E-state index contributed by atoms with van der Waals surface area (Å²) in [6, 6.07) is 0.00228. The van der Waals surface area contributed by atoms with Gasteiger partial charge >= 0.3 is 12.4 Å². The second kappa shape index (κ2) is 8.85. The van der Waals surface area contributed by atoms with E-state index in [2.05, 4.69) is 10.6 Å². The summed E-state index contributed by atoms with van der Waals surface area (Å²) in [5, 5.41) is 16.7. The Morgan fingerprint density at radius 3 is 2.38 bits per heavy atom. The number of hydrogen-bond donors (Lipinski definition) is 3. The van der Waals surface area contributed by atoms with Gasteiger partial charge in [-0.2, -0.15) is 26.3 Å². The fourth-order valence-corrected chi connectivity index (χ4v) is 4.94. The van der Waals surface area contributed by atoms with E-state index in [1.165, 1.54) is 0 Å². The lowest BCUT2D eigenvalue weighted by Gasteiger charge is -2.50. The van der Waals surface area contributed by atoms with Gasteiger partial charge in [-0.05, 0) is 63.6 Å². The van der Waals surface area contributed by atoms with Crippen LogP contribution in [-0.4, -0.2) is 48.6 Å². The number of alkyl halides is 6. The van der Waals surface area contributed by atoms with Crippen molar-refractivity contribution in [1.82, 2.24) is 10.6 Å². The number of nitrogens with one attached hydrogen (secondary N) is 2. The van der Waals surface area contributed by atoms with Gasteiger partial charge in [0, 0.05) is 18.2 Å². The van der Waals surface area contributed by atoms with E-state index in [0.29, 0.717) is 50.3 Å². The zero-order valence-corrected chi connectivity index (χ0v) is 17.7. The molecule has 0 spiro atoms. The third-order valence-electron chi connectivity index (χ3n) is 7.06. The molecule has 3 N–H and O–H groups in total. The second-order valence-electron chi connectivity index (χ2n) is 8.99. The molecule has 0 aromatic carbocycles. The van der Waals surface area contributed by atoms with Gasteiger partial charge in [-0.3, -0.25) is 4.79 Å². The number of amides is 1. The second-order valence-corrected chi connectivity index (χ2v) is 8.99. The Balaban J connectivity index is 1.85. The Morgan fingerprint density at radius 1 is 1.19 bits per heavy atom. The van der Waals surface area contributed by atoms with Crippen molar-refractivity contribution in [2.24, 2.45) is 11.3 Å². The van der Waals surface area contributed by atoms with Gasteiger partial charge in [-0.1, -0.05) is 18.2 Å². The molecule has 3 rings (SSSR count). The SMILES string of the molecule is CNC1CCC(C(=O)NCC2=C/C(C(F)(F)F)C=CC/C(C(F)(F)F)=C\2)(C2(O)CCC2)C1. The number of halogens is 6. The van der Waals surface area contributed by atoms with Crippen molar-refractivity contribution in [3.05, 3.63) is 35.5 Å². The van der Waals surface area contributed by atoms with Gasteiger partial charge < -0.3 is 15.7 Å². The lowest BCUT2D eigenvalue weighted by molar-refractivity contribution is -0.167. The van der Waals surface area contributed by atoms with Crippen molar-refractivity contribution in [2.75, 3.05) is 13.6 Å². The topological polar surface area (TPSA) is 61.4 Å². The van der Waals surface area contributed by atoms with E-state index < -0.39 is 53.7 Å². The number of hydrogen-bond acceptors (Lipinski definition) is 3. The minimum atomic E-state index is -4.70. The average Bonchev–Trinajstić information content (AvgIpc) is 3.09. The first-order chi connectivity index (χ1) is 14.8. The highest BCUT2D eigenvalue weighted by atomic mass is 19.4. The third-order valence-corrected chi connectivity index (χ3v) is 7.06. The minimum absolute atomic E-state index is 0.00228. The van der Waals surface area contributed by atoms with Crippen LogP contribution in [0.2, 0.25) is 0 Å². The predicted octanol–water partition coefficient (Wildman–Crippen LogP) is 4.33. The number of aliphatic hydroxyl groups is 1. The summed E-state index contributed by atoms with van der Waals surface area (Å²) in [5.74, 6) is -2.58. The van der Waals surface area contributed by atoms with Crippen molar-refractivity contribution in [1.29, 1.82) is 0 Å². The Labute approximate surface area is 182 Å². The lowest BCUT2D eigenvalue weighted by atomic mass is 9.59. The van der Waals surface area contributed by atoms with Gasteiger partial charge in [0.1, 0.15) is 0 Å². The molecule has 0 aromatic heterocycles. The Morgan fingerprint density at radius 2 is 1.88 bits per heavy atom. The first-order valence-electron chi connectivity index (χ1n) is 10.7. The van der Waals surface area contributed by atoms with Crippen LogP contribution in [0.4, 0.5) is 26.3 Å². The molecule has 3 unspecified atom stereocenters. The molecule has 0 radical (unpaired) electrons. The summed E-state index contributed by atoms with van der Waals surface area (Å²) in [6.07, 6.45) is -4.04. The van der Waals surface area contributed by atoms with E-state index in [4.69, 9.17) is 0 Å². The van der Waals surface area contributed by atoms with Crippen molar-refractivity contribution in [3.63, 3.8) is 0 Å².